The summed E-state index contributed by atoms with van der Waals surface area (Å²) in [7, 11) is 0. The summed E-state index contributed by atoms with van der Waals surface area (Å²) < 4.78 is 0. The topological polar surface area (TPSA) is 87.5 Å². The van der Waals surface area contributed by atoms with Crippen molar-refractivity contribution < 1.29 is 9.59 Å². The number of hydrogen-bond donors (Lipinski definition) is 3. The fraction of sp³-hybridized carbons (Fsp3) is 0.529. The lowest BCUT2D eigenvalue weighted by molar-refractivity contribution is -0.116. The normalized spacial score (nSPS) is 14.3. The molecule has 1 heterocycles. The first-order valence-electron chi connectivity index (χ1n) is 8.34. The first-order valence-corrected chi connectivity index (χ1v) is 8.34. The van der Waals surface area contributed by atoms with E-state index in [9.17, 15) is 9.59 Å². The van der Waals surface area contributed by atoms with E-state index in [0.29, 0.717) is 13.0 Å². The van der Waals surface area contributed by atoms with E-state index in [1.54, 1.807) is 0 Å². The second-order valence-electron chi connectivity index (χ2n) is 5.86. The van der Waals surface area contributed by atoms with Crippen LogP contribution in [0.4, 0.5) is 16.2 Å². The monoisotopic (exact) mass is 318 g/mol. The number of urea groups is 1. The van der Waals surface area contributed by atoms with E-state index in [-0.39, 0.29) is 5.91 Å². The molecular formula is C17H26N4O2. The lowest BCUT2D eigenvalue weighted by atomic mass is 10.1. The molecule has 6 nitrogen and oxygen atoms in total. The van der Waals surface area contributed by atoms with Crippen LogP contribution in [-0.2, 0) is 4.79 Å². The Morgan fingerprint density at radius 1 is 1.09 bits per heavy atom. The van der Waals surface area contributed by atoms with Crippen LogP contribution in [0.2, 0.25) is 0 Å². The third-order valence-electron chi connectivity index (χ3n) is 4.00. The molecule has 0 bridgehead atoms. The van der Waals surface area contributed by atoms with E-state index in [4.69, 9.17) is 5.73 Å². The average Bonchev–Trinajstić information content (AvgIpc) is 2.55. The van der Waals surface area contributed by atoms with Gasteiger partial charge in [-0.2, -0.15) is 0 Å². The van der Waals surface area contributed by atoms with Crippen molar-refractivity contribution in [2.75, 3.05) is 29.9 Å². The van der Waals surface area contributed by atoms with Crippen LogP contribution in [0.5, 0.6) is 0 Å². The van der Waals surface area contributed by atoms with Crippen LogP contribution in [0.15, 0.2) is 24.3 Å². The number of carbonyl (C=O) groups is 2. The molecule has 1 aliphatic heterocycles. The van der Waals surface area contributed by atoms with Crippen molar-refractivity contribution in [2.24, 2.45) is 5.73 Å². The van der Waals surface area contributed by atoms with E-state index in [2.05, 4.69) is 21.6 Å². The number of nitrogens with zero attached hydrogens (tertiary/aromatic N) is 1. The summed E-state index contributed by atoms with van der Waals surface area (Å²) in [6.07, 6.45) is 5.59. The Bertz CT molecular complexity index is 527. The molecule has 2 rings (SSSR count). The first kappa shape index (κ1) is 17.1. The number of benzene rings is 1. The molecule has 0 unspecified atom stereocenters. The van der Waals surface area contributed by atoms with Crippen LogP contribution in [0, 0.1) is 0 Å². The molecular weight excluding hydrogens is 292 g/mol. The smallest absolute Gasteiger partial charge is 0.312 e. The summed E-state index contributed by atoms with van der Waals surface area (Å²) >= 11 is 0. The molecule has 0 atom stereocenters. The largest absolute Gasteiger partial charge is 0.370 e. The van der Waals surface area contributed by atoms with Gasteiger partial charge < -0.3 is 21.3 Å². The van der Waals surface area contributed by atoms with E-state index in [1.165, 1.54) is 19.3 Å². The van der Waals surface area contributed by atoms with Crippen molar-refractivity contribution in [3.63, 3.8) is 0 Å². The molecule has 0 aromatic heterocycles. The molecule has 23 heavy (non-hydrogen) atoms. The van der Waals surface area contributed by atoms with E-state index < -0.39 is 6.03 Å². The highest BCUT2D eigenvalue weighted by Gasteiger charge is 2.15. The maximum atomic E-state index is 12.1. The van der Waals surface area contributed by atoms with Crippen LogP contribution < -0.4 is 21.3 Å². The Labute approximate surface area is 137 Å². The highest BCUT2D eigenvalue weighted by molar-refractivity contribution is 5.94. The molecule has 1 aromatic rings. The van der Waals surface area contributed by atoms with Crippen molar-refractivity contribution in [1.29, 1.82) is 0 Å². The van der Waals surface area contributed by atoms with Gasteiger partial charge in [-0.05, 0) is 44.2 Å². The van der Waals surface area contributed by atoms with Gasteiger partial charge in [0.15, 0.2) is 0 Å². The third-order valence-corrected chi connectivity index (χ3v) is 4.00. The zero-order chi connectivity index (χ0) is 16.5. The summed E-state index contributed by atoms with van der Waals surface area (Å²) in [4.78, 5) is 25.0. The molecule has 0 aliphatic carbocycles. The van der Waals surface area contributed by atoms with Crippen molar-refractivity contribution in [3.8, 4) is 0 Å². The van der Waals surface area contributed by atoms with Gasteiger partial charge in [0.25, 0.3) is 0 Å². The molecule has 1 aliphatic rings. The molecule has 126 valence electrons. The number of amides is 3. The molecule has 6 heteroatoms. The average molecular weight is 318 g/mol. The minimum absolute atomic E-state index is 0.00790. The summed E-state index contributed by atoms with van der Waals surface area (Å²) in [5, 5.41) is 5.54. The number of nitrogens with two attached hydrogens (primary N) is 1. The van der Waals surface area contributed by atoms with Gasteiger partial charge in [-0.1, -0.05) is 12.1 Å². The highest BCUT2D eigenvalue weighted by Crippen LogP contribution is 2.28. The molecule has 0 saturated carbocycles. The Balaban J connectivity index is 1.82. The second kappa shape index (κ2) is 9.02. The van der Waals surface area contributed by atoms with Gasteiger partial charge in [-0.25, -0.2) is 4.79 Å². The number of para-hydroxylation sites is 2. The summed E-state index contributed by atoms with van der Waals surface area (Å²) in [6, 6.07) is 7.45. The lowest BCUT2D eigenvalue weighted by Gasteiger charge is -2.30. The minimum atomic E-state index is -0.523. The van der Waals surface area contributed by atoms with E-state index in [1.807, 2.05) is 18.2 Å². The fourth-order valence-corrected chi connectivity index (χ4v) is 2.82. The molecule has 0 spiro atoms. The van der Waals surface area contributed by atoms with Gasteiger partial charge in [0, 0.05) is 26.1 Å². The molecule has 1 fully saturated rings. The summed E-state index contributed by atoms with van der Waals surface area (Å²) in [5.74, 6) is 0.00790. The predicted octanol–water partition coefficient (Wildman–Crippen LogP) is 2.45. The molecule has 0 radical (unpaired) electrons. The van der Waals surface area contributed by atoms with E-state index >= 15 is 0 Å². The number of rotatable bonds is 7. The van der Waals surface area contributed by atoms with Crippen LogP contribution in [0.3, 0.4) is 0 Å². The molecule has 3 amide bonds. The first-order chi connectivity index (χ1) is 11.2. The summed E-state index contributed by atoms with van der Waals surface area (Å²) in [6.45, 7) is 2.60. The maximum absolute atomic E-state index is 12.1. The molecule has 4 N–H and O–H groups in total. The molecule has 1 saturated heterocycles. The van der Waals surface area contributed by atoms with Crippen molar-refractivity contribution in [3.05, 3.63) is 24.3 Å². The van der Waals surface area contributed by atoms with Crippen LogP contribution >= 0.6 is 0 Å². The van der Waals surface area contributed by atoms with Crippen molar-refractivity contribution in [2.45, 2.75) is 38.5 Å². The SMILES string of the molecule is NC(=O)NCCCCC(=O)Nc1ccccc1N1CCCCC1. The van der Waals surface area contributed by atoms with E-state index in [0.717, 1.165) is 37.3 Å². The molecule has 1 aromatic carbocycles. The third kappa shape index (κ3) is 5.81. The minimum Gasteiger partial charge on any atom is -0.370 e. The van der Waals surface area contributed by atoms with Gasteiger partial charge >= 0.3 is 6.03 Å². The zero-order valence-corrected chi connectivity index (χ0v) is 13.5. The number of nitrogens with one attached hydrogen (secondary N) is 2. The Hall–Kier alpha value is -2.24. The Morgan fingerprint density at radius 2 is 1.83 bits per heavy atom. The predicted molar refractivity (Wildman–Crippen MR) is 92.6 cm³/mol. The Kier molecular flexibility index (Phi) is 6.72. The van der Waals surface area contributed by atoms with Gasteiger partial charge in [0.05, 0.1) is 11.4 Å². The summed E-state index contributed by atoms with van der Waals surface area (Å²) in [5.41, 5.74) is 6.98. The number of unbranched alkanes of at least 4 members (excludes halogenated alkanes) is 1. The van der Waals surface area contributed by atoms with Gasteiger partial charge in [0.2, 0.25) is 5.91 Å². The van der Waals surface area contributed by atoms with Gasteiger partial charge in [-0.15, -0.1) is 0 Å². The second-order valence-corrected chi connectivity index (χ2v) is 5.86. The van der Waals surface area contributed by atoms with Crippen LogP contribution in [0.1, 0.15) is 38.5 Å². The maximum Gasteiger partial charge on any atom is 0.312 e. The number of primary amides is 1. The number of hydrogen-bond acceptors (Lipinski definition) is 3. The Morgan fingerprint density at radius 3 is 2.57 bits per heavy atom. The van der Waals surface area contributed by atoms with Crippen molar-refractivity contribution in [1.82, 2.24) is 5.32 Å². The van der Waals surface area contributed by atoms with Crippen LogP contribution in [0.25, 0.3) is 0 Å². The standard InChI is InChI=1S/C17H26N4O2/c18-17(23)19-11-5-4-10-16(22)20-14-8-2-3-9-15(14)21-12-6-1-7-13-21/h2-3,8-9H,1,4-7,10-13H2,(H,20,22)(H3,18,19,23). The fourth-order valence-electron chi connectivity index (χ4n) is 2.82. The quantitative estimate of drug-likeness (QED) is 0.675. The number of piperidine rings is 1. The number of anilines is 2. The zero-order valence-electron chi connectivity index (χ0n) is 13.5. The number of carbonyl (C=O) groups excluding carboxylic acids is 2. The highest BCUT2D eigenvalue weighted by atomic mass is 16.2. The van der Waals surface area contributed by atoms with Gasteiger partial charge in [-0.3, -0.25) is 4.79 Å². The van der Waals surface area contributed by atoms with Crippen LogP contribution in [-0.4, -0.2) is 31.6 Å². The van der Waals surface area contributed by atoms with Gasteiger partial charge in [0.1, 0.15) is 0 Å². The van der Waals surface area contributed by atoms with Crippen molar-refractivity contribution >= 4 is 23.3 Å². The lowest BCUT2D eigenvalue weighted by Crippen LogP contribution is -2.30.